The number of nitrogens with one attached hydrogen (secondary N) is 2. The summed E-state index contributed by atoms with van der Waals surface area (Å²) in [5.41, 5.74) is 5.56. The van der Waals surface area contributed by atoms with E-state index in [9.17, 15) is 4.79 Å². The van der Waals surface area contributed by atoms with Crippen molar-refractivity contribution in [3.05, 3.63) is 84.6 Å². The first-order valence-corrected chi connectivity index (χ1v) is 12.0. The average Bonchev–Trinajstić information content (AvgIpc) is 3.32. The number of H-pyrrole nitrogens is 1. The zero-order valence-corrected chi connectivity index (χ0v) is 19.6. The molecular weight excluding hydrogens is 422 g/mol. The predicted molar refractivity (Wildman–Crippen MR) is 138 cm³/mol. The summed E-state index contributed by atoms with van der Waals surface area (Å²) in [5.74, 6) is 1.49. The molecule has 0 bridgehead atoms. The van der Waals surface area contributed by atoms with Crippen molar-refractivity contribution in [2.75, 3.05) is 32.1 Å². The Labute approximate surface area is 200 Å². The van der Waals surface area contributed by atoms with Crippen molar-refractivity contribution in [3.63, 3.8) is 0 Å². The van der Waals surface area contributed by atoms with Crippen molar-refractivity contribution in [2.24, 2.45) is 0 Å². The van der Waals surface area contributed by atoms with Gasteiger partial charge >= 0.3 is 0 Å². The van der Waals surface area contributed by atoms with E-state index >= 15 is 0 Å². The Balaban J connectivity index is 1.15. The number of benzene rings is 3. The van der Waals surface area contributed by atoms with E-state index < -0.39 is 0 Å². The third-order valence-electron chi connectivity index (χ3n) is 6.89. The van der Waals surface area contributed by atoms with Crippen LogP contribution in [0.2, 0.25) is 0 Å². The Kier molecular flexibility index (Phi) is 6.63. The number of methoxy groups -OCH3 is 1. The van der Waals surface area contributed by atoms with Crippen LogP contribution in [0.1, 0.15) is 30.7 Å². The lowest BCUT2D eigenvalue weighted by Crippen LogP contribution is -2.35. The number of para-hydroxylation sites is 1. The molecule has 3 aromatic carbocycles. The SMILES string of the molecule is COc1ccc2[nH]cc(C3CCN(CCC(=O)Nc4ccccc4-c4ccccc4)CC3)c2c1. The topological polar surface area (TPSA) is 57.4 Å². The Hall–Kier alpha value is -3.57. The van der Waals surface area contributed by atoms with Gasteiger partial charge in [0.1, 0.15) is 5.75 Å². The summed E-state index contributed by atoms with van der Waals surface area (Å²) in [6.45, 7) is 2.80. The average molecular weight is 454 g/mol. The van der Waals surface area contributed by atoms with Crippen LogP contribution >= 0.6 is 0 Å². The number of nitrogens with zero attached hydrogens (tertiary/aromatic N) is 1. The molecule has 1 aliphatic rings. The van der Waals surface area contributed by atoms with Gasteiger partial charge in [0.2, 0.25) is 5.91 Å². The molecule has 5 nitrogen and oxygen atoms in total. The minimum Gasteiger partial charge on any atom is -0.497 e. The van der Waals surface area contributed by atoms with Crippen LogP contribution in [0.5, 0.6) is 5.75 Å². The zero-order valence-electron chi connectivity index (χ0n) is 19.6. The van der Waals surface area contributed by atoms with Gasteiger partial charge in [0, 0.05) is 41.3 Å². The highest BCUT2D eigenvalue weighted by Crippen LogP contribution is 2.35. The second-order valence-corrected chi connectivity index (χ2v) is 8.98. The summed E-state index contributed by atoms with van der Waals surface area (Å²) in [4.78, 5) is 18.6. The smallest absolute Gasteiger partial charge is 0.225 e. The normalized spacial score (nSPS) is 14.9. The van der Waals surface area contributed by atoms with Gasteiger partial charge in [-0.2, -0.15) is 0 Å². The van der Waals surface area contributed by atoms with Gasteiger partial charge < -0.3 is 19.9 Å². The molecule has 0 unspecified atom stereocenters. The molecule has 4 aromatic rings. The quantitative estimate of drug-likeness (QED) is 0.358. The summed E-state index contributed by atoms with van der Waals surface area (Å²) in [6.07, 6.45) is 4.85. The third kappa shape index (κ3) is 4.85. The number of amides is 1. The second-order valence-electron chi connectivity index (χ2n) is 8.98. The maximum absolute atomic E-state index is 12.7. The van der Waals surface area contributed by atoms with Crippen molar-refractivity contribution < 1.29 is 9.53 Å². The molecule has 1 aliphatic heterocycles. The number of hydrogen-bond acceptors (Lipinski definition) is 3. The van der Waals surface area contributed by atoms with Gasteiger partial charge in [-0.3, -0.25) is 4.79 Å². The molecule has 1 aromatic heterocycles. The molecule has 2 N–H and O–H groups in total. The fourth-order valence-corrected chi connectivity index (χ4v) is 4.99. The van der Waals surface area contributed by atoms with Crippen LogP contribution in [0.15, 0.2) is 79.0 Å². The molecule has 0 saturated carbocycles. The van der Waals surface area contributed by atoms with E-state index in [0.29, 0.717) is 12.3 Å². The number of likely N-dealkylation sites (tertiary alicyclic amines) is 1. The van der Waals surface area contributed by atoms with Gasteiger partial charge in [-0.15, -0.1) is 0 Å². The molecule has 5 rings (SSSR count). The van der Waals surface area contributed by atoms with Crippen LogP contribution in [0.3, 0.4) is 0 Å². The van der Waals surface area contributed by atoms with E-state index in [1.54, 1.807) is 7.11 Å². The first-order valence-electron chi connectivity index (χ1n) is 12.0. The number of rotatable bonds is 7. The van der Waals surface area contributed by atoms with Gasteiger partial charge in [-0.25, -0.2) is 0 Å². The lowest BCUT2D eigenvalue weighted by molar-refractivity contribution is -0.116. The molecule has 0 radical (unpaired) electrons. The third-order valence-corrected chi connectivity index (χ3v) is 6.89. The summed E-state index contributed by atoms with van der Waals surface area (Å²) < 4.78 is 5.42. The number of piperidine rings is 1. The second kappa shape index (κ2) is 10.1. The van der Waals surface area contributed by atoms with Gasteiger partial charge in [-0.05, 0) is 67.2 Å². The van der Waals surface area contributed by atoms with Crippen molar-refractivity contribution in [3.8, 4) is 16.9 Å². The molecule has 1 saturated heterocycles. The number of aromatic nitrogens is 1. The summed E-state index contributed by atoms with van der Waals surface area (Å²) in [6, 6.07) is 24.4. The highest BCUT2D eigenvalue weighted by molar-refractivity contribution is 5.95. The fraction of sp³-hybridized carbons (Fsp3) is 0.276. The minimum atomic E-state index is 0.0641. The molecule has 1 amide bonds. The summed E-state index contributed by atoms with van der Waals surface area (Å²) in [7, 11) is 1.71. The molecular formula is C29H31N3O2. The number of fused-ring (bicyclic) bond motifs is 1. The Morgan fingerprint density at radius 1 is 1.03 bits per heavy atom. The number of ether oxygens (including phenoxy) is 1. The molecule has 2 heterocycles. The molecule has 5 heteroatoms. The maximum atomic E-state index is 12.7. The van der Waals surface area contributed by atoms with Crippen LogP contribution in [-0.2, 0) is 4.79 Å². The predicted octanol–water partition coefficient (Wildman–Crippen LogP) is 6.05. The lowest BCUT2D eigenvalue weighted by Gasteiger charge is -2.31. The molecule has 0 atom stereocenters. The van der Waals surface area contributed by atoms with E-state index in [1.165, 1.54) is 10.9 Å². The van der Waals surface area contributed by atoms with Crippen molar-refractivity contribution >= 4 is 22.5 Å². The first kappa shape index (κ1) is 22.2. The van der Waals surface area contributed by atoms with E-state index in [-0.39, 0.29) is 5.91 Å². The minimum absolute atomic E-state index is 0.0641. The van der Waals surface area contributed by atoms with Crippen molar-refractivity contribution in [1.82, 2.24) is 9.88 Å². The molecule has 1 fully saturated rings. The lowest BCUT2D eigenvalue weighted by atomic mass is 9.89. The monoisotopic (exact) mass is 453 g/mol. The van der Waals surface area contributed by atoms with E-state index in [1.807, 2.05) is 42.5 Å². The Bertz CT molecular complexity index is 1260. The van der Waals surface area contributed by atoms with E-state index in [2.05, 4.69) is 51.7 Å². The number of aromatic amines is 1. The maximum Gasteiger partial charge on any atom is 0.225 e. The largest absolute Gasteiger partial charge is 0.497 e. The molecule has 174 valence electrons. The highest BCUT2D eigenvalue weighted by Gasteiger charge is 2.23. The standard InChI is InChI=1S/C29H31N3O2/c1-34-23-11-12-27-25(19-23)26(20-30-27)22-13-16-32(17-14-22)18-15-29(33)31-28-10-6-5-9-24(28)21-7-3-2-4-8-21/h2-12,19-20,22,30H,13-18H2,1H3,(H,31,33). The van der Waals surface area contributed by atoms with Crippen molar-refractivity contribution in [1.29, 1.82) is 0 Å². The highest BCUT2D eigenvalue weighted by atomic mass is 16.5. The van der Waals surface area contributed by atoms with Crippen LogP contribution < -0.4 is 10.1 Å². The number of carbonyl (C=O) groups excluding carboxylic acids is 1. The van der Waals surface area contributed by atoms with Crippen molar-refractivity contribution in [2.45, 2.75) is 25.2 Å². The number of carbonyl (C=O) groups is 1. The first-order chi connectivity index (χ1) is 16.7. The number of hydrogen-bond donors (Lipinski definition) is 2. The van der Waals surface area contributed by atoms with Crippen LogP contribution in [0, 0.1) is 0 Å². The van der Waals surface area contributed by atoms with Crippen LogP contribution in [0.4, 0.5) is 5.69 Å². The van der Waals surface area contributed by atoms with Gasteiger partial charge in [0.25, 0.3) is 0 Å². The van der Waals surface area contributed by atoms with E-state index in [0.717, 1.165) is 60.6 Å². The van der Waals surface area contributed by atoms with Gasteiger partial charge in [0.15, 0.2) is 0 Å². The van der Waals surface area contributed by atoms with Crippen LogP contribution in [-0.4, -0.2) is 42.5 Å². The summed E-state index contributed by atoms with van der Waals surface area (Å²) >= 11 is 0. The van der Waals surface area contributed by atoms with Crippen LogP contribution in [0.25, 0.3) is 22.0 Å². The van der Waals surface area contributed by atoms with Gasteiger partial charge in [-0.1, -0.05) is 48.5 Å². The molecule has 0 aliphatic carbocycles. The number of anilines is 1. The Morgan fingerprint density at radius 2 is 1.79 bits per heavy atom. The van der Waals surface area contributed by atoms with E-state index in [4.69, 9.17) is 4.74 Å². The Morgan fingerprint density at radius 3 is 2.59 bits per heavy atom. The fourth-order valence-electron chi connectivity index (χ4n) is 4.99. The zero-order chi connectivity index (χ0) is 23.3. The molecule has 0 spiro atoms. The van der Waals surface area contributed by atoms with Gasteiger partial charge in [0.05, 0.1) is 7.11 Å². The summed E-state index contributed by atoms with van der Waals surface area (Å²) in [5, 5.41) is 4.39. The molecule has 34 heavy (non-hydrogen) atoms.